The van der Waals surface area contributed by atoms with E-state index >= 15 is 0 Å². The summed E-state index contributed by atoms with van der Waals surface area (Å²) < 4.78 is 14.3. The molecule has 0 aromatic carbocycles. The monoisotopic (exact) mass is 259 g/mol. The van der Waals surface area contributed by atoms with Crippen molar-refractivity contribution in [3.05, 3.63) is 0 Å². The molecule has 1 saturated heterocycles. The van der Waals surface area contributed by atoms with Gasteiger partial charge in [0.1, 0.15) is 6.17 Å². The van der Waals surface area contributed by atoms with Crippen LogP contribution < -0.4 is 0 Å². The summed E-state index contributed by atoms with van der Waals surface area (Å²) in [5.74, 6) is 3.37. The fourth-order valence-electron chi connectivity index (χ4n) is 2.43. The molecule has 4 heteroatoms. The minimum atomic E-state index is -0.885. The molecule has 0 aromatic heterocycles. The van der Waals surface area contributed by atoms with Crippen LogP contribution in [0.15, 0.2) is 0 Å². The summed E-state index contributed by atoms with van der Waals surface area (Å²) in [4.78, 5) is 0. The second-order valence-corrected chi connectivity index (χ2v) is 7.61. The average molecular weight is 259 g/mol. The number of alkyl halides is 1. The maximum absolute atomic E-state index is 13.7. The van der Waals surface area contributed by atoms with Crippen LogP contribution in [0.4, 0.5) is 4.39 Å². The van der Waals surface area contributed by atoms with E-state index in [0.29, 0.717) is 16.9 Å². The second-order valence-electron chi connectivity index (χ2n) is 4.96. The topological polar surface area (TPSA) is 23.8 Å². The van der Waals surface area contributed by atoms with Crippen molar-refractivity contribution in [3.8, 4) is 6.07 Å². The fourth-order valence-corrected chi connectivity index (χ4v) is 5.74. The van der Waals surface area contributed by atoms with Crippen LogP contribution in [-0.2, 0) is 0 Å². The summed E-state index contributed by atoms with van der Waals surface area (Å²) in [7, 11) is 0. The predicted octanol–water partition coefficient (Wildman–Crippen LogP) is 3.71. The molecule has 2 aliphatic rings. The molecule has 1 saturated carbocycles. The van der Waals surface area contributed by atoms with E-state index in [-0.39, 0.29) is 5.92 Å². The van der Waals surface area contributed by atoms with Crippen LogP contribution in [0.2, 0.25) is 0 Å². The number of thioether (sulfide) groups is 2. The van der Waals surface area contributed by atoms with Gasteiger partial charge in [-0.25, -0.2) is 4.39 Å². The van der Waals surface area contributed by atoms with Gasteiger partial charge in [-0.3, -0.25) is 0 Å². The highest BCUT2D eigenvalue weighted by atomic mass is 32.2. The van der Waals surface area contributed by atoms with E-state index in [4.69, 9.17) is 5.26 Å². The summed E-state index contributed by atoms with van der Waals surface area (Å²) in [6.07, 6.45) is 1.52. The summed E-state index contributed by atoms with van der Waals surface area (Å²) in [6.45, 7) is 2.28. The van der Waals surface area contributed by atoms with E-state index in [9.17, 15) is 4.39 Å². The molecule has 1 heterocycles. The maximum atomic E-state index is 13.7. The Bertz CT molecular complexity index is 271. The smallest absolute Gasteiger partial charge is 0.116 e. The molecule has 0 N–H and O–H groups in total. The first-order chi connectivity index (χ1) is 7.70. The Morgan fingerprint density at radius 2 is 1.94 bits per heavy atom. The lowest BCUT2D eigenvalue weighted by atomic mass is 9.82. The van der Waals surface area contributed by atoms with Crippen LogP contribution in [-0.4, -0.2) is 22.3 Å². The molecule has 90 valence electrons. The zero-order chi connectivity index (χ0) is 11.5. The molecule has 2 fully saturated rings. The molecule has 0 spiro atoms. The Labute approximate surface area is 106 Å². The number of nitrogens with zero attached hydrogens (tertiary/aromatic N) is 1. The highest BCUT2D eigenvalue weighted by Crippen LogP contribution is 2.44. The lowest BCUT2D eigenvalue weighted by Gasteiger charge is -2.36. The van der Waals surface area contributed by atoms with Crippen molar-refractivity contribution >= 4 is 23.5 Å². The number of nitriles is 1. The highest BCUT2D eigenvalue weighted by Gasteiger charge is 2.36. The van der Waals surface area contributed by atoms with Crippen molar-refractivity contribution in [1.82, 2.24) is 0 Å². The van der Waals surface area contributed by atoms with Crippen molar-refractivity contribution in [2.45, 2.75) is 36.9 Å². The van der Waals surface area contributed by atoms with E-state index in [1.54, 1.807) is 0 Å². The largest absolute Gasteiger partial charge is 0.246 e. The van der Waals surface area contributed by atoms with Crippen LogP contribution in [0.25, 0.3) is 0 Å². The van der Waals surface area contributed by atoms with Gasteiger partial charge in [0.25, 0.3) is 0 Å². The molecule has 2 rings (SSSR count). The van der Waals surface area contributed by atoms with Gasteiger partial charge in [0.05, 0.1) is 16.6 Å². The molecule has 0 bridgehead atoms. The number of hydrogen-bond acceptors (Lipinski definition) is 3. The van der Waals surface area contributed by atoms with E-state index < -0.39 is 6.17 Å². The minimum Gasteiger partial charge on any atom is -0.246 e. The van der Waals surface area contributed by atoms with Crippen LogP contribution in [0, 0.1) is 29.1 Å². The zero-order valence-corrected chi connectivity index (χ0v) is 11.2. The Morgan fingerprint density at radius 1 is 1.25 bits per heavy atom. The maximum Gasteiger partial charge on any atom is 0.116 e. The Hall–Kier alpha value is 0.120. The third-order valence-electron chi connectivity index (χ3n) is 3.45. The standard InChI is InChI=1S/C12H18FNS2/c1-8-6-15-12(16-7-8)9-2-3-10(5-14)11(13)4-9/h8-12H,2-4,6-7H2,1H3. The summed E-state index contributed by atoms with van der Waals surface area (Å²) >= 11 is 4.00. The fraction of sp³-hybridized carbons (Fsp3) is 0.917. The first kappa shape index (κ1) is 12.6. The van der Waals surface area contributed by atoms with Crippen molar-refractivity contribution in [1.29, 1.82) is 5.26 Å². The van der Waals surface area contributed by atoms with Gasteiger partial charge in [0, 0.05) is 0 Å². The number of halogens is 1. The summed E-state index contributed by atoms with van der Waals surface area (Å²) in [5.41, 5.74) is 0. The third-order valence-corrected chi connectivity index (χ3v) is 7.22. The van der Waals surface area contributed by atoms with Gasteiger partial charge in [-0.1, -0.05) is 6.92 Å². The Balaban J connectivity index is 1.86. The van der Waals surface area contributed by atoms with Crippen molar-refractivity contribution < 1.29 is 4.39 Å². The quantitative estimate of drug-likeness (QED) is 0.717. The van der Waals surface area contributed by atoms with Gasteiger partial charge < -0.3 is 0 Å². The number of hydrogen-bond donors (Lipinski definition) is 0. The molecule has 1 nitrogen and oxygen atoms in total. The number of rotatable bonds is 1. The molecule has 3 atom stereocenters. The second kappa shape index (κ2) is 5.64. The van der Waals surface area contributed by atoms with Crippen molar-refractivity contribution in [2.75, 3.05) is 11.5 Å². The van der Waals surface area contributed by atoms with Gasteiger partial charge in [0.15, 0.2) is 0 Å². The third kappa shape index (κ3) is 2.87. The average Bonchev–Trinajstić information content (AvgIpc) is 2.30. The van der Waals surface area contributed by atoms with Crippen LogP contribution in [0.5, 0.6) is 0 Å². The molecule has 0 radical (unpaired) electrons. The van der Waals surface area contributed by atoms with Crippen LogP contribution >= 0.6 is 23.5 Å². The van der Waals surface area contributed by atoms with Crippen molar-refractivity contribution in [3.63, 3.8) is 0 Å². The SMILES string of the molecule is CC1CSC(C2CCC(C#N)C(F)C2)SC1. The molecule has 1 aliphatic carbocycles. The zero-order valence-electron chi connectivity index (χ0n) is 9.56. The first-order valence-electron chi connectivity index (χ1n) is 5.97. The predicted molar refractivity (Wildman–Crippen MR) is 69.2 cm³/mol. The molecule has 3 unspecified atom stereocenters. The minimum absolute atomic E-state index is 0.339. The first-order valence-corrected chi connectivity index (χ1v) is 8.07. The van der Waals surface area contributed by atoms with Crippen molar-refractivity contribution in [2.24, 2.45) is 17.8 Å². The van der Waals surface area contributed by atoms with Gasteiger partial charge in [-0.15, -0.1) is 23.5 Å². The Morgan fingerprint density at radius 3 is 2.50 bits per heavy atom. The highest BCUT2D eigenvalue weighted by molar-refractivity contribution is 8.17. The molecule has 16 heavy (non-hydrogen) atoms. The van der Waals surface area contributed by atoms with Crippen LogP contribution in [0.3, 0.4) is 0 Å². The van der Waals surface area contributed by atoms with Gasteiger partial charge in [-0.05, 0) is 42.6 Å². The van der Waals surface area contributed by atoms with E-state index in [1.807, 2.05) is 23.5 Å². The summed E-state index contributed by atoms with van der Waals surface area (Å²) in [5, 5.41) is 8.79. The van der Waals surface area contributed by atoms with Gasteiger partial charge >= 0.3 is 0 Å². The van der Waals surface area contributed by atoms with E-state index in [2.05, 4.69) is 13.0 Å². The molecular formula is C12H18FNS2. The summed E-state index contributed by atoms with van der Waals surface area (Å²) in [6, 6.07) is 2.10. The molecule has 1 aliphatic heterocycles. The van der Waals surface area contributed by atoms with Crippen LogP contribution in [0.1, 0.15) is 26.2 Å². The Kier molecular flexibility index (Phi) is 4.43. The van der Waals surface area contributed by atoms with E-state index in [0.717, 1.165) is 18.8 Å². The molecular weight excluding hydrogens is 241 g/mol. The normalized spacial score (nSPS) is 44.9. The van der Waals surface area contributed by atoms with Gasteiger partial charge in [-0.2, -0.15) is 5.26 Å². The van der Waals surface area contributed by atoms with Gasteiger partial charge in [0.2, 0.25) is 0 Å². The lowest BCUT2D eigenvalue weighted by molar-refractivity contribution is 0.164. The molecule has 0 amide bonds. The lowest BCUT2D eigenvalue weighted by Crippen LogP contribution is -2.31. The molecule has 0 aromatic rings. The van der Waals surface area contributed by atoms with E-state index in [1.165, 1.54) is 11.5 Å².